The topological polar surface area (TPSA) is 90.1 Å². The summed E-state index contributed by atoms with van der Waals surface area (Å²) in [6, 6.07) is 0. The summed E-state index contributed by atoms with van der Waals surface area (Å²) in [5.41, 5.74) is 2.51. The highest BCUT2D eigenvalue weighted by molar-refractivity contribution is 5.82. The maximum Gasteiger partial charge on any atom is 0.180 e. The summed E-state index contributed by atoms with van der Waals surface area (Å²) >= 11 is 0. The second-order valence-electron chi connectivity index (χ2n) is 5.37. The van der Waals surface area contributed by atoms with Crippen LogP contribution in [0.3, 0.4) is 0 Å². The van der Waals surface area contributed by atoms with E-state index in [0.717, 1.165) is 24.4 Å². The molecule has 1 atom stereocenters. The minimum atomic E-state index is 0.455. The molecule has 22 heavy (non-hydrogen) atoms. The average molecular weight is 299 g/mol. The lowest BCUT2D eigenvalue weighted by Gasteiger charge is -2.20. The number of hydrogen-bond donors (Lipinski definition) is 4. The van der Waals surface area contributed by atoms with Crippen LogP contribution in [0, 0.1) is 5.41 Å². The van der Waals surface area contributed by atoms with Gasteiger partial charge < -0.3 is 25.8 Å². The summed E-state index contributed by atoms with van der Waals surface area (Å²) in [6.07, 6.45) is 11.0. The quantitative estimate of drug-likeness (QED) is 0.625. The molecule has 2 aromatic heterocycles. The van der Waals surface area contributed by atoms with Crippen molar-refractivity contribution in [2.45, 2.75) is 18.8 Å². The van der Waals surface area contributed by atoms with Gasteiger partial charge in [-0.2, -0.15) is 0 Å². The van der Waals surface area contributed by atoms with Crippen LogP contribution >= 0.6 is 0 Å². The second kappa shape index (κ2) is 6.57. The largest absolute Gasteiger partial charge is 0.392 e. The van der Waals surface area contributed by atoms with E-state index in [0.29, 0.717) is 17.4 Å². The number of allylic oxidation sites excluding steroid dienone is 1. The SMILES string of the molecule is CN/C=C(\C=N)Nc1nccn2cc(C3CCCNC3)nc12. The van der Waals surface area contributed by atoms with Crippen LogP contribution in [0.5, 0.6) is 0 Å². The average Bonchev–Trinajstić information content (AvgIpc) is 3.00. The van der Waals surface area contributed by atoms with Crippen LogP contribution in [0.25, 0.3) is 5.65 Å². The van der Waals surface area contributed by atoms with Gasteiger partial charge in [-0.1, -0.05) is 0 Å². The highest BCUT2D eigenvalue weighted by Crippen LogP contribution is 2.24. The summed E-state index contributed by atoms with van der Waals surface area (Å²) in [7, 11) is 1.79. The second-order valence-corrected chi connectivity index (χ2v) is 5.37. The van der Waals surface area contributed by atoms with E-state index in [1.54, 1.807) is 19.4 Å². The van der Waals surface area contributed by atoms with Crippen molar-refractivity contribution in [2.75, 3.05) is 25.5 Å². The molecule has 116 valence electrons. The van der Waals surface area contributed by atoms with E-state index in [2.05, 4.69) is 27.1 Å². The Morgan fingerprint density at radius 1 is 1.55 bits per heavy atom. The number of hydrogen-bond acceptors (Lipinski definition) is 6. The van der Waals surface area contributed by atoms with Gasteiger partial charge in [0.05, 0.1) is 11.4 Å². The van der Waals surface area contributed by atoms with Crippen LogP contribution in [-0.2, 0) is 0 Å². The molecule has 0 aliphatic carbocycles. The van der Waals surface area contributed by atoms with E-state index in [9.17, 15) is 0 Å². The highest BCUT2D eigenvalue weighted by atomic mass is 15.1. The van der Waals surface area contributed by atoms with Gasteiger partial charge in [-0.15, -0.1) is 0 Å². The van der Waals surface area contributed by atoms with Gasteiger partial charge in [0.2, 0.25) is 0 Å². The van der Waals surface area contributed by atoms with Crippen LogP contribution in [-0.4, -0.2) is 40.7 Å². The maximum absolute atomic E-state index is 7.43. The molecule has 2 aromatic rings. The third kappa shape index (κ3) is 2.94. The minimum Gasteiger partial charge on any atom is -0.392 e. The first kappa shape index (κ1) is 14.5. The molecule has 3 heterocycles. The summed E-state index contributed by atoms with van der Waals surface area (Å²) in [6.45, 7) is 2.07. The zero-order valence-electron chi connectivity index (χ0n) is 12.6. The molecule has 3 rings (SSSR count). The lowest BCUT2D eigenvalue weighted by Crippen LogP contribution is -2.28. The van der Waals surface area contributed by atoms with Crippen molar-refractivity contribution in [1.82, 2.24) is 25.0 Å². The van der Waals surface area contributed by atoms with Crippen molar-refractivity contribution in [3.8, 4) is 0 Å². The number of rotatable bonds is 5. The van der Waals surface area contributed by atoms with Crippen LogP contribution in [0.4, 0.5) is 5.82 Å². The van der Waals surface area contributed by atoms with Crippen molar-refractivity contribution >= 4 is 17.7 Å². The molecule has 4 N–H and O–H groups in total. The molecular weight excluding hydrogens is 278 g/mol. The van der Waals surface area contributed by atoms with E-state index in [1.807, 2.05) is 10.6 Å². The third-order valence-electron chi connectivity index (χ3n) is 3.83. The van der Waals surface area contributed by atoms with Gasteiger partial charge in [-0.25, -0.2) is 9.97 Å². The van der Waals surface area contributed by atoms with E-state index < -0.39 is 0 Å². The zero-order valence-corrected chi connectivity index (χ0v) is 12.6. The summed E-state index contributed by atoms with van der Waals surface area (Å²) in [5.74, 6) is 1.11. The smallest absolute Gasteiger partial charge is 0.180 e. The van der Waals surface area contributed by atoms with E-state index in [1.165, 1.54) is 19.1 Å². The van der Waals surface area contributed by atoms with Crippen molar-refractivity contribution in [1.29, 1.82) is 5.41 Å². The van der Waals surface area contributed by atoms with Gasteiger partial charge in [0, 0.05) is 50.5 Å². The normalized spacial score (nSPS) is 19.1. The molecule has 0 radical (unpaired) electrons. The number of nitrogens with one attached hydrogen (secondary N) is 4. The zero-order chi connectivity index (χ0) is 15.4. The Balaban J connectivity index is 1.92. The molecule has 1 unspecified atom stereocenters. The predicted molar refractivity (Wildman–Crippen MR) is 87.4 cm³/mol. The van der Waals surface area contributed by atoms with Crippen molar-refractivity contribution in [3.05, 3.63) is 36.2 Å². The van der Waals surface area contributed by atoms with Gasteiger partial charge in [-0.3, -0.25) is 0 Å². The molecule has 0 amide bonds. The monoisotopic (exact) mass is 299 g/mol. The van der Waals surface area contributed by atoms with E-state index in [4.69, 9.17) is 10.4 Å². The first-order valence-electron chi connectivity index (χ1n) is 7.51. The number of piperidine rings is 1. The Morgan fingerprint density at radius 2 is 2.45 bits per heavy atom. The van der Waals surface area contributed by atoms with E-state index in [-0.39, 0.29) is 0 Å². The lowest BCUT2D eigenvalue weighted by molar-refractivity contribution is 0.456. The molecular formula is C15H21N7. The fourth-order valence-electron chi connectivity index (χ4n) is 2.73. The van der Waals surface area contributed by atoms with Gasteiger partial charge in [0.1, 0.15) is 0 Å². The Morgan fingerprint density at radius 3 is 3.18 bits per heavy atom. The number of nitrogens with zero attached hydrogens (tertiary/aromatic N) is 3. The van der Waals surface area contributed by atoms with Crippen LogP contribution in [0.1, 0.15) is 24.5 Å². The molecule has 1 aliphatic heterocycles. The minimum absolute atomic E-state index is 0.455. The molecule has 0 bridgehead atoms. The Kier molecular flexibility index (Phi) is 4.34. The highest BCUT2D eigenvalue weighted by Gasteiger charge is 2.19. The van der Waals surface area contributed by atoms with Crippen molar-refractivity contribution in [2.24, 2.45) is 0 Å². The molecule has 7 heteroatoms. The van der Waals surface area contributed by atoms with Crippen LogP contribution < -0.4 is 16.0 Å². The molecule has 7 nitrogen and oxygen atoms in total. The number of anilines is 1. The summed E-state index contributed by atoms with van der Waals surface area (Å²) in [4.78, 5) is 9.11. The molecule has 1 fully saturated rings. The van der Waals surface area contributed by atoms with Gasteiger partial charge >= 0.3 is 0 Å². The third-order valence-corrected chi connectivity index (χ3v) is 3.83. The van der Waals surface area contributed by atoms with Crippen LogP contribution in [0.15, 0.2) is 30.5 Å². The summed E-state index contributed by atoms with van der Waals surface area (Å²) in [5, 5.41) is 16.9. The van der Waals surface area contributed by atoms with Gasteiger partial charge in [0.25, 0.3) is 0 Å². The van der Waals surface area contributed by atoms with E-state index >= 15 is 0 Å². The molecule has 0 spiro atoms. The lowest BCUT2D eigenvalue weighted by atomic mass is 9.97. The number of imidazole rings is 1. The first-order chi connectivity index (χ1) is 10.8. The fraction of sp³-hybridized carbons (Fsp3) is 0.400. The van der Waals surface area contributed by atoms with Crippen LogP contribution in [0.2, 0.25) is 0 Å². The van der Waals surface area contributed by atoms with Gasteiger partial charge in [0.15, 0.2) is 11.5 Å². The Labute approximate surface area is 129 Å². The number of fused-ring (bicyclic) bond motifs is 1. The van der Waals surface area contributed by atoms with Crippen molar-refractivity contribution in [3.63, 3.8) is 0 Å². The first-order valence-corrected chi connectivity index (χ1v) is 7.51. The fourth-order valence-corrected chi connectivity index (χ4v) is 2.73. The molecule has 0 aromatic carbocycles. The Bertz CT molecular complexity index is 682. The molecule has 0 saturated carbocycles. The number of aromatic nitrogens is 3. The Hall–Kier alpha value is -2.41. The van der Waals surface area contributed by atoms with Crippen molar-refractivity contribution < 1.29 is 0 Å². The summed E-state index contributed by atoms with van der Waals surface area (Å²) < 4.78 is 1.99. The van der Waals surface area contributed by atoms with Gasteiger partial charge in [-0.05, 0) is 19.4 Å². The maximum atomic E-state index is 7.43. The molecule has 1 aliphatic rings. The molecule has 1 saturated heterocycles. The standard InChI is InChI=1S/C15H21N7/c1-17-9-12(7-16)20-14-15-21-13(10-22(15)6-5-19-14)11-3-2-4-18-8-11/h5-7,9-11,16-18H,2-4,8H2,1H3,(H,19,20)/b12-9+,16-7?. The predicted octanol–water partition coefficient (Wildman–Crippen LogP) is 1.32.